The van der Waals surface area contributed by atoms with Crippen LogP contribution >= 0.6 is 35.0 Å². The van der Waals surface area contributed by atoms with Crippen molar-refractivity contribution in [1.82, 2.24) is 5.32 Å². The fraction of sp³-hybridized carbons (Fsp3) is 0.533. The first-order chi connectivity index (χ1) is 9.19. The van der Waals surface area contributed by atoms with Crippen molar-refractivity contribution in [2.45, 2.75) is 38.1 Å². The SMILES string of the molecule is Cl.NCC1CCCCC1NC(=O)Cc1cccc(I)c1. The van der Waals surface area contributed by atoms with E-state index in [1.54, 1.807) is 0 Å². The van der Waals surface area contributed by atoms with Crippen LogP contribution in [0.2, 0.25) is 0 Å². The van der Waals surface area contributed by atoms with Gasteiger partial charge in [0.15, 0.2) is 0 Å². The third kappa shape index (κ3) is 5.22. The first-order valence-electron chi connectivity index (χ1n) is 6.93. The van der Waals surface area contributed by atoms with Crippen LogP contribution in [0, 0.1) is 9.49 Å². The topological polar surface area (TPSA) is 55.1 Å². The maximum absolute atomic E-state index is 12.1. The second kappa shape index (κ2) is 8.85. The quantitative estimate of drug-likeness (QED) is 0.753. The predicted molar refractivity (Wildman–Crippen MR) is 93.1 cm³/mol. The van der Waals surface area contributed by atoms with Gasteiger partial charge in [0.2, 0.25) is 5.91 Å². The van der Waals surface area contributed by atoms with Gasteiger partial charge < -0.3 is 11.1 Å². The zero-order valence-electron chi connectivity index (χ0n) is 11.5. The molecule has 20 heavy (non-hydrogen) atoms. The summed E-state index contributed by atoms with van der Waals surface area (Å²) >= 11 is 2.27. The summed E-state index contributed by atoms with van der Waals surface area (Å²) in [6.45, 7) is 0.675. The lowest BCUT2D eigenvalue weighted by molar-refractivity contribution is -0.121. The number of carbonyl (C=O) groups is 1. The Morgan fingerprint density at radius 2 is 2.10 bits per heavy atom. The average molecular weight is 409 g/mol. The van der Waals surface area contributed by atoms with Crippen LogP contribution < -0.4 is 11.1 Å². The van der Waals surface area contributed by atoms with Crippen molar-refractivity contribution in [2.75, 3.05) is 6.54 Å². The molecule has 5 heteroatoms. The summed E-state index contributed by atoms with van der Waals surface area (Å²) in [4.78, 5) is 12.1. The minimum absolute atomic E-state index is 0. The molecule has 1 aliphatic rings. The van der Waals surface area contributed by atoms with Crippen molar-refractivity contribution in [3.05, 3.63) is 33.4 Å². The summed E-state index contributed by atoms with van der Waals surface area (Å²) in [6.07, 6.45) is 5.12. The lowest BCUT2D eigenvalue weighted by Crippen LogP contribution is -2.45. The van der Waals surface area contributed by atoms with Crippen LogP contribution in [-0.4, -0.2) is 18.5 Å². The molecule has 1 aromatic rings. The Labute approximate surface area is 140 Å². The molecule has 0 spiro atoms. The van der Waals surface area contributed by atoms with Gasteiger partial charge >= 0.3 is 0 Å². The van der Waals surface area contributed by atoms with Crippen molar-refractivity contribution in [3.63, 3.8) is 0 Å². The average Bonchev–Trinajstić information content (AvgIpc) is 2.39. The van der Waals surface area contributed by atoms with E-state index in [9.17, 15) is 4.79 Å². The van der Waals surface area contributed by atoms with Gasteiger partial charge in [-0.05, 0) is 65.6 Å². The number of amides is 1. The van der Waals surface area contributed by atoms with Gasteiger partial charge in [0.05, 0.1) is 6.42 Å². The molecule has 1 aliphatic carbocycles. The Hall–Kier alpha value is -0.330. The second-order valence-electron chi connectivity index (χ2n) is 5.26. The highest BCUT2D eigenvalue weighted by atomic mass is 127. The molecule has 1 saturated carbocycles. The Morgan fingerprint density at radius 3 is 2.80 bits per heavy atom. The molecule has 0 bridgehead atoms. The van der Waals surface area contributed by atoms with Crippen molar-refractivity contribution in [2.24, 2.45) is 11.7 Å². The van der Waals surface area contributed by atoms with E-state index in [0.29, 0.717) is 18.9 Å². The van der Waals surface area contributed by atoms with E-state index >= 15 is 0 Å². The van der Waals surface area contributed by atoms with Gasteiger partial charge in [-0.1, -0.05) is 25.0 Å². The Morgan fingerprint density at radius 1 is 1.35 bits per heavy atom. The van der Waals surface area contributed by atoms with Gasteiger partial charge in [0.1, 0.15) is 0 Å². The summed E-state index contributed by atoms with van der Waals surface area (Å²) in [7, 11) is 0. The van der Waals surface area contributed by atoms with Gasteiger partial charge in [0, 0.05) is 9.61 Å². The minimum Gasteiger partial charge on any atom is -0.353 e. The summed E-state index contributed by atoms with van der Waals surface area (Å²) in [6, 6.07) is 8.36. The molecule has 0 aliphatic heterocycles. The summed E-state index contributed by atoms with van der Waals surface area (Å²) in [5.74, 6) is 0.570. The molecule has 3 N–H and O–H groups in total. The van der Waals surface area contributed by atoms with Gasteiger partial charge in [0.25, 0.3) is 0 Å². The van der Waals surface area contributed by atoms with Crippen LogP contribution in [0.4, 0.5) is 0 Å². The Balaban J connectivity index is 0.00000200. The molecule has 1 amide bonds. The minimum atomic E-state index is 0. The zero-order chi connectivity index (χ0) is 13.7. The van der Waals surface area contributed by atoms with Crippen molar-refractivity contribution >= 4 is 40.9 Å². The summed E-state index contributed by atoms with van der Waals surface area (Å²) < 4.78 is 1.17. The number of nitrogens with two attached hydrogens (primary N) is 1. The lowest BCUT2D eigenvalue weighted by atomic mass is 9.84. The van der Waals surface area contributed by atoms with Crippen LogP contribution in [0.25, 0.3) is 0 Å². The number of nitrogens with one attached hydrogen (secondary N) is 1. The second-order valence-corrected chi connectivity index (χ2v) is 6.51. The molecule has 1 aromatic carbocycles. The van der Waals surface area contributed by atoms with E-state index in [4.69, 9.17) is 5.73 Å². The first-order valence-corrected chi connectivity index (χ1v) is 8.01. The number of hydrogen-bond donors (Lipinski definition) is 2. The lowest BCUT2D eigenvalue weighted by Gasteiger charge is -2.31. The molecule has 0 radical (unpaired) electrons. The number of benzene rings is 1. The summed E-state index contributed by atoms with van der Waals surface area (Å²) in [5.41, 5.74) is 6.86. The number of halogens is 2. The molecular formula is C15H22ClIN2O. The molecule has 1 fully saturated rings. The molecule has 112 valence electrons. The number of hydrogen-bond acceptors (Lipinski definition) is 2. The fourth-order valence-corrected chi connectivity index (χ4v) is 3.38. The van der Waals surface area contributed by atoms with Gasteiger partial charge in [-0.2, -0.15) is 0 Å². The smallest absolute Gasteiger partial charge is 0.224 e. The van der Waals surface area contributed by atoms with E-state index in [2.05, 4.69) is 34.0 Å². The van der Waals surface area contributed by atoms with Crippen LogP contribution in [0.5, 0.6) is 0 Å². The fourth-order valence-electron chi connectivity index (χ4n) is 2.77. The van der Waals surface area contributed by atoms with E-state index in [0.717, 1.165) is 18.4 Å². The van der Waals surface area contributed by atoms with E-state index in [1.807, 2.05) is 18.2 Å². The molecule has 2 rings (SSSR count). The molecule has 0 saturated heterocycles. The third-order valence-electron chi connectivity index (χ3n) is 3.81. The van der Waals surface area contributed by atoms with E-state index in [-0.39, 0.29) is 24.4 Å². The third-order valence-corrected chi connectivity index (χ3v) is 4.48. The largest absolute Gasteiger partial charge is 0.353 e. The highest BCUT2D eigenvalue weighted by molar-refractivity contribution is 14.1. The normalized spacial score (nSPS) is 21.9. The molecule has 2 atom stereocenters. The van der Waals surface area contributed by atoms with Gasteiger partial charge in [-0.25, -0.2) is 0 Å². The van der Waals surface area contributed by atoms with Gasteiger partial charge in [-0.3, -0.25) is 4.79 Å². The molecule has 0 heterocycles. The number of carbonyl (C=O) groups excluding carboxylic acids is 1. The molecule has 2 unspecified atom stereocenters. The van der Waals surface area contributed by atoms with Crippen LogP contribution in [0.15, 0.2) is 24.3 Å². The van der Waals surface area contributed by atoms with Crippen LogP contribution in [-0.2, 0) is 11.2 Å². The van der Waals surface area contributed by atoms with Crippen molar-refractivity contribution in [1.29, 1.82) is 0 Å². The van der Waals surface area contributed by atoms with E-state index in [1.165, 1.54) is 16.4 Å². The zero-order valence-corrected chi connectivity index (χ0v) is 14.5. The molecule has 3 nitrogen and oxygen atoms in total. The molecule has 0 aromatic heterocycles. The maximum atomic E-state index is 12.1. The monoisotopic (exact) mass is 408 g/mol. The maximum Gasteiger partial charge on any atom is 0.224 e. The summed E-state index contributed by atoms with van der Waals surface area (Å²) in [5, 5.41) is 3.17. The Bertz CT molecular complexity index is 442. The van der Waals surface area contributed by atoms with Crippen molar-refractivity contribution < 1.29 is 4.79 Å². The highest BCUT2D eigenvalue weighted by Crippen LogP contribution is 2.23. The molecular weight excluding hydrogens is 387 g/mol. The van der Waals surface area contributed by atoms with Crippen LogP contribution in [0.3, 0.4) is 0 Å². The van der Waals surface area contributed by atoms with Crippen molar-refractivity contribution in [3.8, 4) is 0 Å². The highest BCUT2D eigenvalue weighted by Gasteiger charge is 2.25. The van der Waals surface area contributed by atoms with Gasteiger partial charge in [-0.15, -0.1) is 12.4 Å². The van der Waals surface area contributed by atoms with Crippen LogP contribution in [0.1, 0.15) is 31.2 Å². The predicted octanol–water partition coefficient (Wildman–Crippen LogP) is 2.89. The Kier molecular flexibility index (Phi) is 7.84. The standard InChI is InChI=1S/C15H21IN2O.ClH/c16-13-6-3-4-11(8-13)9-15(19)18-14-7-2-1-5-12(14)10-17;/h3-4,6,8,12,14H,1-2,5,7,9-10,17H2,(H,18,19);1H. The van der Waals surface area contributed by atoms with E-state index < -0.39 is 0 Å². The first kappa shape index (κ1) is 17.7. The number of rotatable bonds is 4.